The number of nitrogens with one attached hydrogen (secondary N) is 1. The Labute approximate surface area is 174 Å². The fourth-order valence-corrected chi connectivity index (χ4v) is 3.66. The summed E-state index contributed by atoms with van der Waals surface area (Å²) in [6.07, 6.45) is 1.10. The number of hydrogen-bond donors (Lipinski definition) is 1. The first kappa shape index (κ1) is 21.3. The fraction of sp³-hybridized carbons (Fsp3) is 0.458. The van der Waals surface area contributed by atoms with Gasteiger partial charge in [0.1, 0.15) is 6.10 Å². The average molecular weight is 396 g/mol. The Balaban J connectivity index is 1.51. The maximum atomic E-state index is 5.96. The van der Waals surface area contributed by atoms with Gasteiger partial charge in [0, 0.05) is 32.7 Å². The van der Waals surface area contributed by atoms with Crippen LogP contribution in [0.2, 0.25) is 0 Å². The third-order valence-corrected chi connectivity index (χ3v) is 5.25. The second-order valence-electron chi connectivity index (χ2n) is 7.43. The summed E-state index contributed by atoms with van der Waals surface area (Å²) >= 11 is 0. The summed E-state index contributed by atoms with van der Waals surface area (Å²) in [5.41, 5.74) is 2.38. The molecule has 2 atom stereocenters. The number of methoxy groups -OCH3 is 1. The van der Waals surface area contributed by atoms with Gasteiger partial charge < -0.3 is 19.7 Å². The molecule has 1 aliphatic heterocycles. The van der Waals surface area contributed by atoms with Crippen molar-refractivity contribution in [1.82, 2.24) is 10.2 Å². The van der Waals surface area contributed by atoms with Crippen molar-refractivity contribution >= 4 is 5.96 Å². The molecule has 0 amide bonds. The number of benzene rings is 2. The molecule has 0 aromatic heterocycles. The van der Waals surface area contributed by atoms with Crippen LogP contribution in [-0.2, 0) is 16.1 Å². The number of rotatable bonds is 9. The average Bonchev–Trinajstić information content (AvgIpc) is 3.24. The van der Waals surface area contributed by atoms with Crippen molar-refractivity contribution in [2.45, 2.75) is 26.1 Å². The molecule has 5 heteroatoms. The lowest BCUT2D eigenvalue weighted by molar-refractivity contribution is 0.0906. The molecule has 1 saturated heterocycles. The molecule has 156 valence electrons. The highest BCUT2D eigenvalue weighted by Crippen LogP contribution is 2.19. The molecule has 0 spiro atoms. The summed E-state index contributed by atoms with van der Waals surface area (Å²) in [6, 6.07) is 20.6. The highest BCUT2D eigenvalue weighted by Gasteiger charge is 2.25. The van der Waals surface area contributed by atoms with E-state index in [1.54, 1.807) is 7.11 Å². The lowest BCUT2D eigenvalue weighted by Crippen LogP contribution is -2.40. The van der Waals surface area contributed by atoms with Gasteiger partial charge in [-0.3, -0.25) is 4.99 Å². The first-order valence-corrected chi connectivity index (χ1v) is 10.5. The standard InChI is InChI=1S/C24H33N3O2/c1-3-25-24(26-16-23(28-2)22-12-8-5-9-13-22)27-15-14-21(17-27)19-29-18-20-10-6-4-7-11-20/h4-13,21,23H,3,14-19H2,1-2H3,(H,25,26). The number of ether oxygens (including phenoxy) is 2. The van der Waals surface area contributed by atoms with Gasteiger partial charge in [-0.15, -0.1) is 0 Å². The van der Waals surface area contributed by atoms with E-state index in [-0.39, 0.29) is 6.10 Å². The summed E-state index contributed by atoms with van der Waals surface area (Å²) < 4.78 is 11.6. The molecule has 0 saturated carbocycles. The van der Waals surface area contributed by atoms with Crippen LogP contribution in [0, 0.1) is 5.92 Å². The summed E-state index contributed by atoms with van der Waals surface area (Å²) in [4.78, 5) is 7.22. The van der Waals surface area contributed by atoms with Crippen LogP contribution in [0.5, 0.6) is 0 Å². The normalized spacial score (nSPS) is 18.1. The van der Waals surface area contributed by atoms with Crippen molar-refractivity contribution in [3.05, 3.63) is 71.8 Å². The number of aliphatic imine (C=N–C) groups is 1. The summed E-state index contributed by atoms with van der Waals surface area (Å²) in [5, 5.41) is 3.44. The predicted molar refractivity (Wildman–Crippen MR) is 118 cm³/mol. The van der Waals surface area contributed by atoms with Crippen LogP contribution in [0.1, 0.15) is 30.6 Å². The van der Waals surface area contributed by atoms with Crippen molar-refractivity contribution < 1.29 is 9.47 Å². The second kappa shape index (κ2) is 11.6. The van der Waals surface area contributed by atoms with E-state index < -0.39 is 0 Å². The smallest absolute Gasteiger partial charge is 0.194 e. The molecule has 3 rings (SSSR count). The van der Waals surface area contributed by atoms with E-state index in [9.17, 15) is 0 Å². The second-order valence-corrected chi connectivity index (χ2v) is 7.43. The minimum atomic E-state index is -0.0301. The Morgan fingerprint density at radius 3 is 2.55 bits per heavy atom. The van der Waals surface area contributed by atoms with E-state index in [2.05, 4.69) is 53.5 Å². The molecule has 0 radical (unpaired) electrons. The van der Waals surface area contributed by atoms with Crippen molar-refractivity contribution in [3.8, 4) is 0 Å². The van der Waals surface area contributed by atoms with E-state index in [1.165, 1.54) is 5.56 Å². The topological polar surface area (TPSA) is 46.1 Å². The van der Waals surface area contributed by atoms with Crippen LogP contribution in [0.4, 0.5) is 0 Å². The third kappa shape index (κ3) is 6.58. The molecule has 0 aliphatic carbocycles. The molecule has 2 unspecified atom stereocenters. The van der Waals surface area contributed by atoms with Gasteiger partial charge in [0.2, 0.25) is 0 Å². The van der Waals surface area contributed by atoms with Gasteiger partial charge in [0.25, 0.3) is 0 Å². The highest BCUT2D eigenvalue weighted by atomic mass is 16.5. The Kier molecular flexibility index (Phi) is 8.53. The SMILES string of the molecule is CCNC(=NCC(OC)c1ccccc1)N1CCC(COCc2ccccc2)C1. The summed E-state index contributed by atoms with van der Waals surface area (Å²) in [5.74, 6) is 1.51. The Bertz CT molecular complexity index is 736. The highest BCUT2D eigenvalue weighted by molar-refractivity contribution is 5.80. The molecule has 1 aliphatic rings. The van der Waals surface area contributed by atoms with Crippen LogP contribution in [0.25, 0.3) is 0 Å². The first-order chi connectivity index (χ1) is 14.3. The fourth-order valence-electron chi connectivity index (χ4n) is 3.66. The van der Waals surface area contributed by atoms with E-state index in [4.69, 9.17) is 14.5 Å². The Hall–Kier alpha value is -2.37. The van der Waals surface area contributed by atoms with E-state index in [0.29, 0.717) is 19.1 Å². The quantitative estimate of drug-likeness (QED) is 0.517. The molecule has 1 N–H and O–H groups in total. The van der Waals surface area contributed by atoms with Crippen molar-refractivity contribution in [2.75, 3.05) is 39.9 Å². The Morgan fingerprint density at radius 2 is 1.86 bits per heavy atom. The zero-order chi connectivity index (χ0) is 20.3. The minimum Gasteiger partial charge on any atom is -0.376 e. The van der Waals surface area contributed by atoms with Gasteiger partial charge in [-0.05, 0) is 24.5 Å². The number of nitrogens with zero attached hydrogens (tertiary/aromatic N) is 2. The molecule has 2 aromatic carbocycles. The minimum absolute atomic E-state index is 0.0301. The van der Waals surface area contributed by atoms with Crippen LogP contribution in [0.15, 0.2) is 65.7 Å². The molecule has 29 heavy (non-hydrogen) atoms. The van der Waals surface area contributed by atoms with Gasteiger partial charge in [-0.2, -0.15) is 0 Å². The summed E-state index contributed by atoms with van der Waals surface area (Å²) in [6.45, 7) is 7.02. The number of hydrogen-bond acceptors (Lipinski definition) is 3. The van der Waals surface area contributed by atoms with Gasteiger partial charge in [-0.1, -0.05) is 60.7 Å². The predicted octanol–water partition coefficient (Wildman–Crippen LogP) is 3.88. The van der Waals surface area contributed by atoms with E-state index in [1.807, 2.05) is 24.3 Å². The number of guanidine groups is 1. The monoisotopic (exact) mass is 395 g/mol. The van der Waals surface area contributed by atoms with Gasteiger partial charge in [0.15, 0.2) is 5.96 Å². The Morgan fingerprint density at radius 1 is 1.14 bits per heavy atom. The molecule has 1 fully saturated rings. The van der Waals surface area contributed by atoms with Crippen LogP contribution < -0.4 is 5.32 Å². The lowest BCUT2D eigenvalue weighted by Gasteiger charge is -2.23. The van der Waals surface area contributed by atoms with Crippen LogP contribution >= 0.6 is 0 Å². The van der Waals surface area contributed by atoms with Gasteiger partial charge in [0.05, 0.1) is 19.8 Å². The third-order valence-electron chi connectivity index (χ3n) is 5.25. The molecule has 5 nitrogen and oxygen atoms in total. The molecular weight excluding hydrogens is 362 g/mol. The largest absolute Gasteiger partial charge is 0.376 e. The maximum absolute atomic E-state index is 5.96. The van der Waals surface area contributed by atoms with Crippen LogP contribution in [-0.4, -0.2) is 50.8 Å². The van der Waals surface area contributed by atoms with Crippen molar-refractivity contribution in [2.24, 2.45) is 10.9 Å². The maximum Gasteiger partial charge on any atom is 0.194 e. The zero-order valence-electron chi connectivity index (χ0n) is 17.6. The zero-order valence-corrected chi connectivity index (χ0v) is 17.6. The van der Waals surface area contributed by atoms with Crippen molar-refractivity contribution in [1.29, 1.82) is 0 Å². The molecule has 0 bridgehead atoms. The van der Waals surface area contributed by atoms with Gasteiger partial charge in [-0.25, -0.2) is 0 Å². The molecule has 2 aromatic rings. The van der Waals surface area contributed by atoms with Gasteiger partial charge >= 0.3 is 0 Å². The summed E-state index contributed by atoms with van der Waals surface area (Å²) in [7, 11) is 1.75. The van der Waals surface area contributed by atoms with E-state index >= 15 is 0 Å². The van der Waals surface area contributed by atoms with Crippen molar-refractivity contribution in [3.63, 3.8) is 0 Å². The first-order valence-electron chi connectivity index (χ1n) is 10.5. The molecule has 1 heterocycles. The lowest BCUT2D eigenvalue weighted by atomic mass is 10.1. The van der Waals surface area contributed by atoms with E-state index in [0.717, 1.165) is 44.2 Å². The molecular formula is C24H33N3O2. The number of likely N-dealkylation sites (tertiary alicyclic amines) is 1. The van der Waals surface area contributed by atoms with Crippen LogP contribution in [0.3, 0.4) is 0 Å².